The molecule has 42 heavy (non-hydrogen) atoms. The molecule has 0 saturated heterocycles. The Morgan fingerprint density at radius 2 is 1.95 bits per heavy atom. The first kappa shape index (κ1) is 29.0. The lowest BCUT2D eigenvalue weighted by molar-refractivity contribution is -0.0948. The highest BCUT2D eigenvalue weighted by Gasteiger charge is 2.40. The van der Waals surface area contributed by atoms with E-state index in [2.05, 4.69) is 25.7 Å². The van der Waals surface area contributed by atoms with E-state index in [0.29, 0.717) is 24.1 Å². The van der Waals surface area contributed by atoms with Gasteiger partial charge in [0.15, 0.2) is 23.0 Å². The van der Waals surface area contributed by atoms with Gasteiger partial charge in [0, 0.05) is 24.7 Å². The molecule has 2 unspecified atom stereocenters. The maximum Gasteiger partial charge on any atom is 0.434 e. The normalized spacial score (nSPS) is 18.4. The molecule has 2 aromatic heterocycles. The molecule has 2 N–H and O–H groups in total. The van der Waals surface area contributed by atoms with Crippen molar-refractivity contribution in [3.63, 3.8) is 0 Å². The summed E-state index contributed by atoms with van der Waals surface area (Å²) in [7, 11) is 1.59. The fourth-order valence-electron chi connectivity index (χ4n) is 5.45. The average Bonchev–Trinajstić information content (AvgIpc) is 3.34. The van der Waals surface area contributed by atoms with Crippen LogP contribution < -0.4 is 5.32 Å². The smallest absolute Gasteiger partial charge is 0.434 e. The van der Waals surface area contributed by atoms with Crippen LogP contribution in [0.4, 0.5) is 13.2 Å². The number of ketones is 1. The zero-order valence-electron chi connectivity index (χ0n) is 23.3. The Bertz CT molecular complexity index is 1600. The number of allylic oxidation sites excluding steroid dienone is 1. The molecule has 0 bridgehead atoms. The highest BCUT2D eigenvalue weighted by Crippen LogP contribution is 2.41. The van der Waals surface area contributed by atoms with Gasteiger partial charge in [-0.05, 0) is 80.5 Å². The topological polar surface area (TPSA) is 125 Å². The summed E-state index contributed by atoms with van der Waals surface area (Å²) in [4.78, 5) is 30.8. The Kier molecular flexibility index (Phi) is 7.85. The molecule has 2 aliphatic rings. The van der Waals surface area contributed by atoms with Crippen molar-refractivity contribution in [2.45, 2.75) is 45.8 Å². The minimum atomic E-state index is -4.59. The second kappa shape index (κ2) is 11.4. The molecule has 1 aliphatic heterocycles. The summed E-state index contributed by atoms with van der Waals surface area (Å²) in [5.41, 5.74) is 2.92. The molecule has 1 aromatic carbocycles. The number of carbonyl (C=O) groups excluding carboxylic acids is 2. The summed E-state index contributed by atoms with van der Waals surface area (Å²) in [6.07, 6.45) is -0.216. The maximum atomic E-state index is 14.0. The van der Waals surface area contributed by atoms with E-state index >= 15 is 0 Å². The van der Waals surface area contributed by atoms with E-state index < -0.39 is 11.9 Å². The van der Waals surface area contributed by atoms with Crippen LogP contribution in [0.3, 0.4) is 0 Å². The van der Waals surface area contributed by atoms with Gasteiger partial charge in [0.1, 0.15) is 5.69 Å². The van der Waals surface area contributed by atoms with Crippen molar-refractivity contribution in [3.8, 4) is 11.6 Å². The molecule has 3 heterocycles. The second-order valence-electron chi connectivity index (χ2n) is 10.6. The molecule has 2 atom stereocenters. The van der Waals surface area contributed by atoms with E-state index in [4.69, 9.17) is 0 Å². The largest absolute Gasteiger partial charge is 0.504 e. The third-order valence-electron chi connectivity index (χ3n) is 7.70. The van der Waals surface area contributed by atoms with E-state index in [1.807, 2.05) is 26.0 Å². The van der Waals surface area contributed by atoms with E-state index in [1.54, 1.807) is 19.2 Å². The fraction of sp³-hybridized carbons (Fsp3) is 0.379. The number of pyridine rings is 1. The zero-order chi connectivity index (χ0) is 30.2. The predicted octanol–water partition coefficient (Wildman–Crippen LogP) is 5.03. The molecule has 0 radical (unpaired) electrons. The second-order valence-corrected chi connectivity index (χ2v) is 10.6. The van der Waals surface area contributed by atoms with Crippen LogP contribution in [0, 0.1) is 25.7 Å². The van der Waals surface area contributed by atoms with Crippen molar-refractivity contribution >= 4 is 11.7 Å². The van der Waals surface area contributed by atoms with Crippen LogP contribution in [-0.4, -0.2) is 56.3 Å². The van der Waals surface area contributed by atoms with Crippen LogP contribution in [0.1, 0.15) is 56.1 Å². The summed E-state index contributed by atoms with van der Waals surface area (Å²) < 4.78 is 40.0. The maximum absolute atomic E-state index is 14.0. The highest BCUT2D eigenvalue weighted by molar-refractivity contribution is 5.98. The molecule has 0 spiro atoms. The number of amides is 1. The van der Waals surface area contributed by atoms with Crippen molar-refractivity contribution in [1.82, 2.24) is 25.1 Å². The number of halogens is 3. The van der Waals surface area contributed by atoms with Crippen LogP contribution in [-0.2, 0) is 13.0 Å². The number of hydrogen-bond acceptors (Lipinski definition) is 8. The summed E-state index contributed by atoms with van der Waals surface area (Å²) in [6, 6.07) is 8.39. The predicted molar refractivity (Wildman–Crippen MR) is 146 cm³/mol. The number of aryl methyl sites for hydroxylation is 2. The third kappa shape index (κ3) is 5.76. The number of aromatic nitrogens is 3. The van der Waals surface area contributed by atoms with Crippen LogP contribution in [0.5, 0.6) is 5.75 Å². The number of alkyl halides is 3. The lowest BCUT2D eigenvalue weighted by atomic mass is 9.67. The number of nitrogens with one attached hydrogen (secondary N) is 1. The number of aromatic hydroxyl groups is 1. The van der Waals surface area contributed by atoms with Gasteiger partial charge < -0.3 is 10.4 Å². The summed E-state index contributed by atoms with van der Waals surface area (Å²) in [5.74, 6) is -0.885. The lowest BCUT2D eigenvalue weighted by Crippen LogP contribution is -2.36. The van der Waals surface area contributed by atoms with Gasteiger partial charge in [0.2, 0.25) is 0 Å². The Balaban J connectivity index is 1.42. The van der Waals surface area contributed by atoms with Crippen LogP contribution in [0.2, 0.25) is 0 Å². The monoisotopic (exact) mass is 581 g/mol. The van der Waals surface area contributed by atoms with E-state index in [0.717, 1.165) is 29.2 Å². The summed E-state index contributed by atoms with van der Waals surface area (Å²) in [6.45, 7) is 3.73. The van der Waals surface area contributed by atoms with Gasteiger partial charge in [0.05, 0.1) is 18.8 Å². The fourth-order valence-corrected chi connectivity index (χ4v) is 5.45. The first-order chi connectivity index (χ1) is 20.0. The first-order valence-electron chi connectivity index (χ1n) is 13.5. The lowest BCUT2D eigenvalue weighted by Gasteiger charge is -2.36. The summed E-state index contributed by atoms with van der Waals surface area (Å²) >= 11 is 0. The number of nitrogens with zero attached hydrogens (tertiary/aromatic N) is 6. The Morgan fingerprint density at radius 1 is 1.17 bits per heavy atom. The number of Topliss-reactive ketones (excluding diaryl/α,β-unsaturated/α-hetero) is 1. The van der Waals surface area contributed by atoms with Crippen molar-refractivity contribution < 1.29 is 27.9 Å². The first-order valence-corrected chi connectivity index (χ1v) is 13.5. The standard InChI is InChI=1S/C29H30F3N7O3/c1-16-11-17(2)21(22(12-16)28(42)33-3)13-18-6-7-20(18)26(41)23-14-19(36-39(23)27-24(40)5-4-9-34-27)15-38-10-8-25(35-37-38)29(30,31)32/h4-5,8-9,11-12,14,18,20,40H,6-7,10,13,15H2,1-3H3,(H,33,42). The van der Waals surface area contributed by atoms with Gasteiger partial charge in [-0.3, -0.25) is 14.6 Å². The van der Waals surface area contributed by atoms with Crippen molar-refractivity contribution in [2.75, 3.05) is 13.6 Å². The summed E-state index contributed by atoms with van der Waals surface area (Å²) in [5, 5.41) is 25.9. The van der Waals surface area contributed by atoms with Gasteiger partial charge in [-0.1, -0.05) is 16.9 Å². The third-order valence-corrected chi connectivity index (χ3v) is 7.70. The molecule has 1 fully saturated rings. The van der Waals surface area contributed by atoms with Crippen LogP contribution in [0.25, 0.3) is 5.82 Å². The number of rotatable bonds is 8. The molecule has 10 nitrogen and oxygen atoms in total. The molecular formula is C29H30F3N7O3. The molecule has 1 amide bonds. The zero-order valence-corrected chi connectivity index (χ0v) is 23.3. The van der Waals surface area contributed by atoms with Crippen LogP contribution >= 0.6 is 0 Å². The SMILES string of the molecule is CNC(=O)c1cc(C)cc(C)c1CC1CCC1C(=O)c1cc(CN2CC=C(C(F)(F)F)N=N2)nn1-c1ncccc1O. The van der Waals surface area contributed by atoms with Crippen molar-refractivity contribution in [3.05, 3.63) is 81.9 Å². The van der Waals surface area contributed by atoms with Gasteiger partial charge in [-0.25, -0.2) is 9.67 Å². The molecule has 1 aliphatic carbocycles. The quantitative estimate of drug-likeness (QED) is 0.360. The van der Waals surface area contributed by atoms with Gasteiger partial charge >= 0.3 is 6.18 Å². The van der Waals surface area contributed by atoms with Crippen molar-refractivity contribution in [1.29, 1.82) is 0 Å². The molecule has 220 valence electrons. The van der Waals surface area contributed by atoms with E-state index in [9.17, 15) is 27.9 Å². The van der Waals surface area contributed by atoms with Gasteiger partial charge in [-0.15, -0.1) is 5.11 Å². The Morgan fingerprint density at radius 3 is 2.57 bits per heavy atom. The number of benzene rings is 1. The average molecular weight is 582 g/mol. The van der Waals surface area contributed by atoms with E-state index in [1.165, 1.54) is 22.0 Å². The van der Waals surface area contributed by atoms with Gasteiger partial charge in [-0.2, -0.15) is 18.3 Å². The van der Waals surface area contributed by atoms with Gasteiger partial charge in [0.25, 0.3) is 5.91 Å². The minimum absolute atomic E-state index is 0.0157. The molecular weight excluding hydrogens is 551 g/mol. The molecule has 3 aromatic rings. The number of hydrogen-bond donors (Lipinski definition) is 2. The molecule has 1 saturated carbocycles. The molecule has 13 heteroatoms. The Labute approximate surface area is 239 Å². The number of carbonyl (C=O) groups is 2. The van der Waals surface area contributed by atoms with Crippen molar-refractivity contribution in [2.24, 2.45) is 22.2 Å². The highest BCUT2D eigenvalue weighted by atomic mass is 19.4. The Hall–Kier alpha value is -4.55. The van der Waals surface area contributed by atoms with E-state index in [-0.39, 0.29) is 53.9 Å². The van der Waals surface area contributed by atoms with Crippen LogP contribution in [0.15, 0.2) is 58.6 Å². The molecule has 5 rings (SSSR count). The minimum Gasteiger partial charge on any atom is -0.504 e.